The number of amides is 1. The predicted molar refractivity (Wildman–Crippen MR) is 93.6 cm³/mol. The van der Waals surface area contributed by atoms with Gasteiger partial charge in [0.05, 0.1) is 17.4 Å². The summed E-state index contributed by atoms with van der Waals surface area (Å²) in [5.41, 5.74) is 1.16. The number of rotatable bonds is 8. The second-order valence-corrected chi connectivity index (χ2v) is 7.67. The summed E-state index contributed by atoms with van der Waals surface area (Å²) in [7, 11) is -3.73. The number of carbonyl (C=O) groups is 1. The molecular weight excluding hydrogens is 378 g/mol. The smallest absolute Gasteiger partial charge is 0.387 e. The summed E-state index contributed by atoms with van der Waals surface area (Å²) in [6, 6.07) is 13.8. The average Bonchev–Trinajstić information content (AvgIpc) is 2.60. The lowest BCUT2D eigenvalue weighted by Crippen LogP contribution is -2.30. The molecule has 2 aromatic rings. The molecule has 0 bridgehead atoms. The number of sulfone groups is 1. The minimum Gasteiger partial charge on any atom is -0.434 e. The minimum atomic E-state index is -3.73. The van der Waals surface area contributed by atoms with Crippen LogP contribution < -0.4 is 10.1 Å². The fourth-order valence-electron chi connectivity index (χ4n) is 2.29. The highest BCUT2D eigenvalue weighted by molar-refractivity contribution is 7.91. The van der Waals surface area contributed by atoms with Gasteiger partial charge in [-0.3, -0.25) is 4.79 Å². The molecule has 0 aliphatic rings. The zero-order valence-corrected chi connectivity index (χ0v) is 14.9. The van der Waals surface area contributed by atoms with E-state index in [4.69, 9.17) is 5.26 Å². The average molecular weight is 394 g/mol. The molecule has 0 atom stereocenters. The van der Waals surface area contributed by atoms with E-state index in [1.54, 1.807) is 6.07 Å². The third kappa shape index (κ3) is 6.67. The molecule has 0 aliphatic carbocycles. The number of nitrogens with zero attached hydrogens (tertiary/aromatic N) is 1. The van der Waals surface area contributed by atoms with E-state index in [0.717, 1.165) is 0 Å². The van der Waals surface area contributed by atoms with E-state index in [9.17, 15) is 22.0 Å². The molecule has 0 saturated heterocycles. The van der Waals surface area contributed by atoms with Crippen LogP contribution in [0.1, 0.15) is 16.7 Å². The van der Waals surface area contributed by atoms with Crippen LogP contribution in [0.15, 0.2) is 48.5 Å². The van der Waals surface area contributed by atoms with Crippen molar-refractivity contribution < 1.29 is 26.7 Å². The van der Waals surface area contributed by atoms with Crippen molar-refractivity contribution in [2.45, 2.75) is 18.9 Å². The quantitative estimate of drug-likeness (QED) is 0.742. The SMILES string of the molecule is N#Cc1ccc(CS(=O)(=O)CC(=O)NCc2ccccc2OC(F)F)cc1. The van der Waals surface area contributed by atoms with Gasteiger partial charge in [-0.1, -0.05) is 30.3 Å². The third-order valence-corrected chi connectivity index (χ3v) is 4.96. The maximum Gasteiger partial charge on any atom is 0.387 e. The molecule has 2 aromatic carbocycles. The van der Waals surface area contributed by atoms with Gasteiger partial charge in [-0.2, -0.15) is 14.0 Å². The highest BCUT2D eigenvalue weighted by atomic mass is 32.2. The van der Waals surface area contributed by atoms with Gasteiger partial charge < -0.3 is 10.1 Å². The van der Waals surface area contributed by atoms with Crippen molar-refractivity contribution in [3.05, 3.63) is 65.2 Å². The second kappa shape index (κ2) is 9.09. The number of benzene rings is 2. The number of nitrogens with one attached hydrogen (secondary N) is 1. The molecule has 0 fully saturated rings. The van der Waals surface area contributed by atoms with Gasteiger partial charge >= 0.3 is 6.61 Å². The molecule has 1 N–H and O–H groups in total. The summed E-state index contributed by atoms with van der Waals surface area (Å²) in [6.07, 6.45) is 0. The Kier molecular flexibility index (Phi) is 6.85. The van der Waals surface area contributed by atoms with E-state index in [0.29, 0.717) is 16.7 Å². The zero-order chi connectivity index (χ0) is 19.9. The van der Waals surface area contributed by atoms with Crippen LogP contribution in [0.2, 0.25) is 0 Å². The summed E-state index contributed by atoms with van der Waals surface area (Å²) in [5.74, 6) is -1.94. The summed E-state index contributed by atoms with van der Waals surface area (Å²) < 4.78 is 53.4. The van der Waals surface area contributed by atoms with Gasteiger partial charge in [0.25, 0.3) is 0 Å². The molecule has 0 radical (unpaired) electrons. The minimum absolute atomic E-state index is 0.0896. The Balaban J connectivity index is 1.94. The van der Waals surface area contributed by atoms with Gasteiger partial charge in [-0.15, -0.1) is 0 Å². The highest BCUT2D eigenvalue weighted by Crippen LogP contribution is 2.20. The standard InChI is InChI=1S/C18H16F2N2O4S/c19-18(20)26-16-4-2-1-3-15(16)10-22-17(23)12-27(24,25)11-14-7-5-13(9-21)6-8-14/h1-8,18H,10-12H2,(H,22,23). The van der Waals surface area contributed by atoms with E-state index >= 15 is 0 Å². The largest absolute Gasteiger partial charge is 0.434 e. The van der Waals surface area contributed by atoms with Gasteiger partial charge in [0.2, 0.25) is 5.91 Å². The molecule has 0 aliphatic heterocycles. The topological polar surface area (TPSA) is 96.3 Å². The van der Waals surface area contributed by atoms with E-state index < -0.39 is 28.1 Å². The van der Waals surface area contributed by atoms with Gasteiger partial charge in [0.15, 0.2) is 9.84 Å². The fraction of sp³-hybridized carbons (Fsp3) is 0.222. The van der Waals surface area contributed by atoms with Crippen molar-refractivity contribution in [2.75, 3.05) is 5.75 Å². The first-order chi connectivity index (χ1) is 12.8. The molecule has 0 unspecified atom stereocenters. The highest BCUT2D eigenvalue weighted by Gasteiger charge is 2.18. The Morgan fingerprint density at radius 1 is 1.15 bits per heavy atom. The summed E-state index contributed by atoms with van der Waals surface area (Å²) in [5, 5.41) is 11.1. The van der Waals surface area contributed by atoms with Crippen LogP contribution in [-0.2, 0) is 26.9 Å². The lowest BCUT2D eigenvalue weighted by molar-refractivity contribution is -0.118. The van der Waals surface area contributed by atoms with Gasteiger partial charge in [-0.05, 0) is 23.8 Å². The van der Waals surface area contributed by atoms with Crippen LogP contribution in [0.25, 0.3) is 0 Å². The van der Waals surface area contributed by atoms with Gasteiger partial charge in [0, 0.05) is 12.1 Å². The molecule has 0 saturated carbocycles. The first-order valence-corrected chi connectivity index (χ1v) is 9.60. The number of ether oxygens (including phenoxy) is 1. The lowest BCUT2D eigenvalue weighted by atomic mass is 10.2. The Morgan fingerprint density at radius 3 is 2.44 bits per heavy atom. The van der Waals surface area contributed by atoms with E-state index in [-0.39, 0.29) is 18.0 Å². The van der Waals surface area contributed by atoms with Crippen LogP contribution in [0, 0.1) is 11.3 Å². The van der Waals surface area contributed by atoms with Crippen LogP contribution in [0.5, 0.6) is 5.75 Å². The molecule has 6 nitrogen and oxygen atoms in total. The molecule has 2 rings (SSSR count). The molecule has 0 aromatic heterocycles. The number of hydrogen-bond donors (Lipinski definition) is 1. The molecule has 0 spiro atoms. The molecular formula is C18H16F2N2O4S. The Hall–Kier alpha value is -2.99. The van der Waals surface area contributed by atoms with Crippen molar-refractivity contribution in [1.82, 2.24) is 5.32 Å². The Labute approximate surface area is 155 Å². The van der Waals surface area contributed by atoms with Gasteiger partial charge in [-0.25, -0.2) is 8.42 Å². The Morgan fingerprint density at radius 2 is 1.81 bits per heavy atom. The van der Waals surface area contributed by atoms with Crippen molar-refractivity contribution >= 4 is 15.7 Å². The predicted octanol–water partition coefficient (Wildman–Crippen LogP) is 2.39. The summed E-state index contributed by atoms with van der Waals surface area (Å²) in [6.45, 7) is -3.15. The monoisotopic (exact) mass is 394 g/mol. The van der Waals surface area contributed by atoms with Crippen molar-refractivity contribution in [1.29, 1.82) is 5.26 Å². The molecule has 27 heavy (non-hydrogen) atoms. The van der Waals surface area contributed by atoms with Crippen molar-refractivity contribution in [3.8, 4) is 11.8 Å². The Bertz CT molecular complexity index is 939. The molecule has 1 amide bonds. The normalized spacial score (nSPS) is 11.0. The number of halogens is 2. The number of alkyl halides is 2. The number of para-hydroxylation sites is 1. The second-order valence-electron chi connectivity index (χ2n) is 5.60. The molecule has 142 valence electrons. The zero-order valence-electron chi connectivity index (χ0n) is 14.1. The van der Waals surface area contributed by atoms with E-state index in [2.05, 4.69) is 10.1 Å². The number of hydrogen-bond acceptors (Lipinski definition) is 5. The molecule has 9 heteroatoms. The molecule has 0 heterocycles. The lowest BCUT2D eigenvalue weighted by Gasteiger charge is -2.11. The van der Waals surface area contributed by atoms with Crippen LogP contribution in [-0.4, -0.2) is 26.7 Å². The van der Waals surface area contributed by atoms with Crippen molar-refractivity contribution in [3.63, 3.8) is 0 Å². The first kappa shape index (κ1) is 20.3. The maximum atomic E-state index is 12.4. The van der Waals surface area contributed by atoms with E-state index in [1.165, 1.54) is 42.5 Å². The first-order valence-electron chi connectivity index (χ1n) is 7.78. The number of carbonyl (C=O) groups excluding carboxylic acids is 1. The summed E-state index contributed by atoms with van der Waals surface area (Å²) >= 11 is 0. The van der Waals surface area contributed by atoms with Crippen LogP contribution in [0.3, 0.4) is 0 Å². The van der Waals surface area contributed by atoms with Crippen LogP contribution in [0.4, 0.5) is 8.78 Å². The summed E-state index contributed by atoms with van der Waals surface area (Å²) in [4.78, 5) is 11.9. The van der Waals surface area contributed by atoms with Gasteiger partial charge in [0.1, 0.15) is 11.5 Å². The third-order valence-electron chi connectivity index (χ3n) is 3.49. The number of nitriles is 1. The fourth-order valence-corrected chi connectivity index (χ4v) is 3.59. The van der Waals surface area contributed by atoms with Crippen LogP contribution >= 0.6 is 0 Å². The van der Waals surface area contributed by atoms with Crippen molar-refractivity contribution in [2.24, 2.45) is 0 Å². The van der Waals surface area contributed by atoms with E-state index in [1.807, 2.05) is 6.07 Å². The maximum absolute atomic E-state index is 12.4.